The van der Waals surface area contributed by atoms with Crippen LogP contribution in [0.4, 0.5) is 0 Å². The molecule has 1 N–H and O–H groups in total. The van der Waals surface area contributed by atoms with Gasteiger partial charge in [-0.15, -0.1) is 0 Å². The molecule has 2 fully saturated rings. The van der Waals surface area contributed by atoms with Crippen LogP contribution in [0.1, 0.15) is 41.1 Å². The van der Waals surface area contributed by atoms with Crippen LogP contribution in [-0.2, 0) is 10.0 Å². The zero-order chi connectivity index (χ0) is 20.4. The van der Waals surface area contributed by atoms with E-state index in [-0.39, 0.29) is 16.7 Å². The fourth-order valence-electron chi connectivity index (χ4n) is 3.70. The van der Waals surface area contributed by atoms with Crippen LogP contribution < -0.4 is 9.46 Å². The van der Waals surface area contributed by atoms with Crippen LogP contribution in [0.15, 0.2) is 53.4 Å². The van der Waals surface area contributed by atoms with Gasteiger partial charge >= 0.3 is 0 Å². The number of benzene rings is 2. The summed E-state index contributed by atoms with van der Waals surface area (Å²) in [7, 11) is -1.95. The molecule has 0 radical (unpaired) electrons. The number of hydrogen-bond acceptors (Lipinski definition) is 4. The van der Waals surface area contributed by atoms with Gasteiger partial charge in [0.05, 0.1) is 12.0 Å². The first-order valence-electron chi connectivity index (χ1n) is 9.99. The second-order valence-corrected chi connectivity index (χ2v) is 9.60. The van der Waals surface area contributed by atoms with Crippen LogP contribution in [0.2, 0.25) is 0 Å². The number of amides is 1. The molecule has 6 nitrogen and oxygen atoms in total. The normalized spacial score (nSPS) is 19.3. The highest BCUT2D eigenvalue weighted by atomic mass is 32.2. The van der Waals surface area contributed by atoms with E-state index in [1.807, 2.05) is 24.3 Å². The van der Waals surface area contributed by atoms with Gasteiger partial charge in [0.1, 0.15) is 5.75 Å². The van der Waals surface area contributed by atoms with Gasteiger partial charge < -0.3 is 9.64 Å². The lowest BCUT2D eigenvalue weighted by atomic mass is 9.98. The average Bonchev–Trinajstić information content (AvgIpc) is 3.46. The minimum absolute atomic E-state index is 0.125. The van der Waals surface area contributed by atoms with E-state index in [0.29, 0.717) is 31.1 Å². The highest BCUT2D eigenvalue weighted by molar-refractivity contribution is 7.89. The maximum absolute atomic E-state index is 13.0. The summed E-state index contributed by atoms with van der Waals surface area (Å²) in [6.07, 6.45) is 3.04. The standard InChI is InChI=1S/C22H26N2O4S/c1-28-20-9-7-17(8-10-20)19-11-12-24(15-19)22(25)18-3-2-4-21(13-18)29(26,27)23-14-16-5-6-16/h2-4,7-10,13,16,19,23H,5-6,11-12,14-15H2,1H3. The maximum atomic E-state index is 13.0. The second-order valence-electron chi connectivity index (χ2n) is 7.83. The highest BCUT2D eigenvalue weighted by Gasteiger charge is 2.29. The van der Waals surface area contributed by atoms with Crippen molar-refractivity contribution in [3.8, 4) is 5.75 Å². The summed E-state index contributed by atoms with van der Waals surface area (Å²) in [6, 6.07) is 14.3. The Morgan fingerprint density at radius 2 is 1.90 bits per heavy atom. The summed E-state index contributed by atoms with van der Waals surface area (Å²) < 4.78 is 32.9. The van der Waals surface area contributed by atoms with E-state index < -0.39 is 10.0 Å². The number of hydrogen-bond donors (Lipinski definition) is 1. The smallest absolute Gasteiger partial charge is 0.253 e. The van der Waals surface area contributed by atoms with Crippen LogP contribution in [0.5, 0.6) is 5.75 Å². The highest BCUT2D eigenvalue weighted by Crippen LogP contribution is 2.30. The summed E-state index contributed by atoms with van der Waals surface area (Å²) in [5.74, 6) is 1.42. The molecule has 0 bridgehead atoms. The van der Waals surface area contributed by atoms with E-state index in [1.165, 1.54) is 17.7 Å². The zero-order valence-corrected chi connectivity index (χ0v) is 17.3. The van der Waals surface area contributed by atoms with Crippen molar-refractivity contribution < 1.29 is 17.9 Å². The second kappa shape index (κ2) is 8.16. The zero-order valence-electron chi connectivity index (χ0n) is 16.5. The molecule has 1 heterocycles. The van der Waals surface area contributed by atoms with Crippen molar-refractivity contribution in [2.45, 2.75) is 30.1 Å². The van der Waals surface area contributed by atoms with Gasteiger partial charge in [-0.2, -0.15) is 0 Å². The minimum Gasteiger partial charge on any atom is -0.497 e. The molecule has 1 aliphatic carbocycles. The van der Waals surface area contributed by atoms with Gasteiger partial charge in [-0.3, -0.25) is 4.79 Å². The van der Waals surface area contributed by atoms with Crippen molar-refractivity contribution in [3.05, 3.63) is 59.7 Å². The number of carbonyl (C=O) groups excluding carboxylic acids is 1. The number of nitrogens with one attached hydrogen (secondary N) is 1. The minimum atomic E-state index is -3.59. The summed E-state index contributed by atoms with van der Waals surface area (Å²) in [5, 5.41) is 0. The van der Waals surface area contributed by atoms with E-state index >= 15 is 0 Å². The number of sulfonamides is 1. The van der Waals surface area contributed by atoms with Crippen LogP contribution in [-0.4, -0.2) is 46.0 Å². The van der Waals surface area contributed by atoms with Gasteiger partial charge in [-0.1, -0.05) is 18.2 Å². The quantitative estimate of drug-likeness (QED) is 0.756. The van der Waals surface area contributed by atoms with Crippen molar-refractivity contribution in [3.63, 3.8) is 0 Å². The Hall–Kier alpha value is -2.38. The molecule has 1 aliphatic heterocycles. The fourth-order valence-corrected chi connectivity index (χ4v) is 4.87. The summed E-state index contributed by atoms with van der Waals surface area (Å²) in [6.45, 7) is 1.75. The molecule has 7 heteroatoms. The molecule has 2 aromatic carbocycles. The Morgan fingerprint density at radius 3 is 2.59 bits per heavy atom. The van der Waals surface area contributed by atoms with Gasteiger partial charge in [0.2, 0.25) is 10.0 Å². The molecule has 2 aliphatic rings. The van der Waals surface area contributed by atoms with E-state index in [2.05, 4.69) is 4.72 Å². The van der Waals surface area contributed by atoms with Gasteiger partial charge in [0, 0.05) is 31.1 Å². The largest absolute Gasteiger partial charge is 0.497 e. The first-order valence-corrected chi connectivity index (χ1v) is 11.5. The number of nitrogens with zero attached hydrogens (tertiary/aromatic N) is 1. The van der Waals surface area contributed by atoms with Crippen molar-refractivity contribution in [2.75, 3.05) is 26.7 Å². The predicted molar refractivity (Wildman–Crippen MR) is 111 cm³/mol. The van der Waals surface area contributed by atoms with Crippen LogP contribution >= 0.6 is 0 Å². The molecule has 2 aromatic rings. The summed E-state index contributed by atoms with van der Waals surface area (Å²) >= 11 is 0. The van der Waals surface area contributed by atoms with E-state index in [1.54, 1.807) is 24.1 Å². The lowest BCUT2D eigenvalue weighted by molar-refractivity contribution is 0.0790. The lowest BCUT2D eigenvalue weighted by Gasteiger charge is -2.17. The van der Waals surface area contributed by atoms with Gasteiger partial charge in [-0.05, 0) is 61.1 Å². The third-order valence-electron chi connectivity index (χ3n) is 5.71. The Morgan fingerprint density at radius 1 is 1.14 bits per heavy atom. The summed E-state index contributed by atoms with van der Waals surface area (Å²) in [4.78, 5) is 14.9. The Kier molecular flexibility index (Phi) is 5.61. The van der Waals surface area contributed by atoms with Gasteiger partial charge in [-0.25, -0.2) is 13.1 Å². The molecule has 1 atom stereocenters. The average molecular weight is 415 g/mol. The monoisotopic (exact) mass is 414 g/mol. The molecular formula is C22H26N2O4S. The molecular weight excluding hydrogens is 388 g/mol. The first-order chi connectivity index (χ1) is 14.0. The van der Waals surface area contributed by atoms with E-state index in [4.69, 9.17) is 4.74 Å². The molecule has 4 rings (SSSR count). The summed E-state index contributed by atoms with van der Waals surface area (Å²) in [5.41, 5.74) is 1.59. The predicted octanol–water partition coefficient (Wildman–Crippen LogP) is 3.01. The number of carbonyl (C=O) groups is 1. The van der Waals surface area contributed by atoms with Crippen molar-refractivity contribution in [1.82, 2.24) is 9.62 Å². The van der Waals surface area contributed by atoms with Gasteiger partial charge in [0.15, 0.2) is 0 Å². The van der Waals surface area contributed by atoms with Crippen LogP contribution in [0.3, 0.4) is 0 Å². The number of likely N-dealkylation sites (tertiary alicyclic amines) is 1. The molecule has 0 spiro atoms. The molecule has 1 saturated heterocycles. The molecule has 154 valence electrons. The third kappa shape index (κ3) is 4.62. The Labute approximate surface area is 171 Å². The molecule has 0 aromatic heterocycles. The molecule has 29 heavy (non-hydrogen) atoms. The fraction of sp³-hybridized carbons (Fsp3) is 0.409. The van der Waals surface area contributed by atoms with E-state index in [9.17, 15) is 13.2 Å². The SMILES string of the molecule is COc1ccc(C2CCN(C(=O)c3cccc(S(=O)(=O)NCC4CC4)c3)C2)cc1. The molecule has 1 amide bonds. The number of methoxy groups -OCH3 is 1. The molecule has 1 unspecified atom stereocenters. The third-order valence-corrected chi connectivity index (χ3v) is 7.13. The molecule has 1 saturated carbocycles. The maximum Gasteiger partial charge on any atom is 0.253 e. The van der Waals surface area contributed by atoms with Gasteiger partial charge in [0.25, 0.3) is 5.91 Å². The van der Waals surface area contributed by atoms with Crippen LogP contribution in [0, 0.1) is 5.92 Å². The Bertz CT molecular complexity index is 984. The lowest BCUT2D eigenvalue weighted by Crippen LogP contribution is -2.29. The Balaban J connectivity index is 1.44. The van der Waals surface area contributed by atoms with Crippen LogP contribution in [0.25, 0.3) is 0 Å². The first kappa shape index (κ1) is 19.9. The van der Waals surface area contributed by atoms with Crippen molar-refractivity contribution in [2.24, 2.45) is 5.92 Å². The number of ether oxygens (including phenoxy) is 1. The topological polar surface area (TPSA) is 75.7 Å². The number of rotatable bonds is 7. The van der Waals surface area contributed by atoms with Crippen molar-refractivity contribution in [1.29, 1.82) is 0 Å². The van der Waals surface area contributed by atoms with Crippen molar-refractivity contribution >= 4 is 15.9 Å². The van der Waals surface area contributed by atoms with E-state index in [0.717, 1.165) is 25.0 Å².